The first-order valence-corrected chi connectivity index (χ1v) is 9.87. The van der Waals surface area contributed by atoms with E-state index >= 15 is 0 Å². The van der Waals surface area contributed by atoms with Crippen LogP contribution in [0.3, 0.4) is 0 Å². The van der Waals surface area contributed by atoms with E-state index in [0.717, 1.165) is 17.9 Å². The minimum Gasteiger partial charge on any atom is -0.506 e. The Morgan fingerprint density at radius 1 is 1.19 bits per heavy atom. The Hall–Kier alpha value is -1.83. The van der Waals surface area contributed by atoms with Crippen molar-refractivity contribution in [2.75, 3.05) is 33.0 Å². The summed E-state index contributed by atoms with van der Waals surface area (Å²) < 4.78 is 22.7. The quantitative estimate of drug-likeness (QED) is 0.680. The number of ether oxygens (including phenoxy) is 4. The molecule has 1 aliphatic heterocycles. The number of aryl methyl sites for hydroxylation is 2. The standard InChI is InChI=1S/C20H24BrNO5/c1-2-25-15-6-3-14(4-7-15)5-8-17-20(21)18(23)11-19(22-17)27-13-16-12-24-9-10-26-16/h3-4,6-7,11,16H,2,5,8-10,12-13H2,1H3,(H,22,23). The van der Waals surface area contributed by atoms with Crippen molar-refractivity contribution >= 4 is 15.9 Å². The van der Waals surface area contributed by atoms with Crippen molar-refractivity contribution in [3.63, 3.8) is 0 Å². The number of nitrogens with zero attached hydrogens (tertiary/aromatic N) is 1. The molecule has 146 valence electrons. The van der Waals surface area contributed by atoms with Gasteiger partial charge >= 0.3 is 0 Å². The van der Waals surface area contributed by atoms with Crippen molar-refractivity contribution in [2.45, 2.75) is 25.9 Å². The Balaban J connectivity index is 1.60. The normalized spacial score (nSPS) is 16.9. The van der Waals surface area contributed by atoms with Gasteiger partial charge in [-0.15, -0.1) is 0 Å². The molecule has 6 nitrogen and oxygen atoms in total. The smallest absolute Gasteiger partial charge is 0.217 e. The monoisotopic (exact) mass is 437 g/mol. The van der Waals surface area contributed by atoms with Crippen LogP contribution in [0.25, 0.3) is 0 Å². The predicted octanol–water partition coefficient (Wildman–Crippen LogP) is 3.53. The molecule has 1 unspecified atom stereocenters. The SMILES string of the molecule is CCOc1ccc(CCc2nc(OCC3COCCO3)cc(O)c2Br)cc1. The summed E-state index contributed by atoms with van der Waals surface area (Å²) in [4.78, 5) is 4.53. The highest BCUT2D eigenvalue weighted by molar-refractivity contribution is 9.10. The number of hydrogen-bond acceptors (Lipinski definition) is 6. The van der Waals surface area contributed by atoms with E-state index in [-0.39, 0.29) is 11.9 Å². The highest BCUT2D eigenvalue weighted by atomic mass is 79.9. The Labute approximate surface area is 167 Å². The molecule has 1 N–H and O–H groups in total. The molecule has 2 heterocycles. The number of aromatic nitrogens is 1. The van der Waals surface area contributed by atoms with Gasteiger partial charge in [-0.05, 0) is 53.4 Å². The zero-order valence-electron chi connectivity index (χ0n) is 15.3. The summed E-state index contributed by atoms with van der Waals surface area (Å²) in [6, 6.07) is 9.52. The molecule has 27 heavy (non-hydrogen) atoms. The topological polar surface area (TPSA) is 70.0 Å². The fourth-order valence-corrected chi connectivity index (χ4v) is 3.18. The molecular formula is C20H24BrNO5. The van der Waals surface area contributed by atoms with Crippen LogP contribution in [0.15, 0.2) is 34.8 Å². The number of benzene rings is 1. The van der Waals surface area contributed by atoms with Crippen LogP contribution in [0.2, 0.25) is 0 Å². The average molecular weight is 438 g/mol. The molecule has 7 heteroatoms. The summed E-state index contributed by atoms with van der Waals surface area (Å²) in [6.07, 6.45) is 1.35. The lowest BCUT2D eigenvalue weighted by Gasteiger charge is -2.22. The molecule has 0 bridgehead atoms. The summed E-state index contributed by atoms with van der Waals surface area (Å²) in [6.45, 7) is 4.65. The van der Waals surface area contributed by atoms with Gasteiger partial charge in [-0.1, -0.05) is 12.1 Å². The lowest BCUT2D eigenvalue weighted by Crippen LogP contribution is -2.33. The summed E-state index contributed by atoms with van der Waals surface area (Å²) in [5, 5.41) is 10.2. The van der Waals surface area contributed by atoms with Crippen molar-refractivity contribution in [3.05, 3.63) is 46.1 Å². The third-order valence-electron chi connectivity index (χ3n) is 4.17. The second-order valence-electron chi connectivity index (χ2n) is 6.20. The molecule has 2 aromatic rings. The summed E-state index contributed by atoms with van der Waals surface area (Å²) >= 11 is 3.42. The lowest BCUT2D eigenvalue weighted by molar-refractivity contribution is -0.102. The van der Waals surface area contributed by atoms with Crippen molar-refractivity contribution < 1.29 is 24.1 Å². The van der Waals surface area contributed by atoms with Gasteiger partial charge in [-0.25, -0.2) is 4.98 Å². The van der Waals surface area contributed by atoms with E-state index in [1.807, 2.05) is 31.2 Å². The molecule has 0 spiro atoms. The maximum atomic E-state index is 10.2. The van der Waals surface area contributed by atoms with Crippen molar-refractivity contribution in [1.29, 1.82) is 0 Å². The molecule has 3 rings (SSSR count). The molecule has 1 aliphatic rings. The number of pyridine rings is 1. The third-order valence-corrected chi connectivity index (χ3v) is 5.03. The van der Waals surface area contributed by atoms with Gasteiger partial charge in [0.2, 0.25) is 5.88 Å². The Kier molecular flexibility index (Phi) is 7.32. The van der Waals surface area contributed by atoms with Gasteiger partial charge in [-0.3, -0.25) is 0 Å². The average Bonchev–Trinajstić information content (AvgIpc) is 2.70. The predicted molar refractivity (Wildman–Crippen MR) is 105 cm³/mol. The summed E-state index contributed by atoms with van der Waals surface area (Å²) in [7, 11) is 0. The minimum absolute atomic E-state index is 0.112. The largest absolute Gasteiger partial charge is 0.506 e. The Morgan fingerprint density at radius 2 is 2.00 bits per heavy atom. The molecular weight excluding hydrogens is 414 g/mol. The van der Waals surface area contributed by atoms with E-state index in [2.05, 4.69) is 20.9 Å². The van der Waals surface area contributed by atoms with Crippen LogP contribution < -0.4 is 9.47 Å². The van der Waals surface area contributed by atoms with Gasteiger partial charge in [0, 0.05) is 6.07 Å². The van der Waals surface area contributed by atoms with Crippen LogP contribution in [0.1, 0.15) is 18.2 Å². The van der Waals surface area contributed by atoms with Crippen molar-refractivity contribution in [1.82, 2.24) is 4.98 Å². The molecule has 1 saturated heterocycles. The fourth-order valence-electron chi connectivity index (χ4n) is 2.78. The first-order chi connectivity index (χ1) is 13.2. The number of rotatable bonds is 8. The number of hydrogen-bond donors (Lipinski definition) is 1. The highest BCUT2D eigenvalue weighted by Crippen LogP contribution is 2.31. The zero-order valence-corrected chi connectivity index (χ0v) is 16.9. The molecule has 1 atom stereocenters. The van der Waals surface area contributed by atoms with Gasteiger partial charge < -0.3 is 24.1 Å². The Morgan fingerprint density at radius 3 is 2.70 bits per heavy atom. The summed E-state index contributed by atoms with van der Waals surface area (Å²) in [5.74, 6) is 1.36. The second kappa shape index (κ2) is 9.92. The zero-order chi connectivity index (χ0) is 19.1. The van der Waals surface area contributed by atoms with Crippen molar-refractivity contribution in [2.24, 2.45) is 0 Å². The van der Waals surface area contributed by atoms with E-state index in [1.165, 1.54) is 11.6 Å². The maximum Gasteiger partial charge on any atom is 0.217 e. The van der Waals surface area contributed by atoms with Gasteiger partial charge in [-0.2, -0.15) is 0 Å². The number of aromatic hydroxyl groups is 1. The van der Waals surface area contributed by atoms with E-state index in [9.17, 15) is 5.11 Å². The second-order valence-corrected chi connectivity index (χ2v) is 6.99. The van der Waals surface area contributed by atoms with Gasteiger partial charge in [0.25, 0.3) is 0 Å². The lowest BCUT2D eigenvalue weighted by atomic mass is 10.1. The van der Waals surface area contributed by atoms with E-state index in [4.69, 9.17) is 18.9 Å². The fraction of sp³-hybridized carbons (Fsp3) is 0.450. The van der Waals surface area contributed by atoms with Crippen molar-refractivity contribution in [3.8, 4) is 17.4 Å². The van der Waals surface area contributed by atoms with Crippen LogP contribution in [0, 0.1) is 0 Å². The van der Waals surface area contributed by atoms with Gasteiger partial charge in [0.1, 0.15) is 24.2 Å². The van der Waals surface area contributed by atoms with Gasteiger partial charge in [0.05, 0.1) is 36.6 Å². The summed E-state index contributed by atoms with van der Waals surface area (Å²) in [5.41, 5.74) is 1.92. The molecule has 0 radical (unpaired) electrons. The molecule has 1 aromatic heterocycles. The van der Waals surface area contributed by atoms with E-state index in [1.54, 1.807) is 0 Å². The van der Waals surface area contributed by atoms with Crippen LogP contribution in [0.5, 0.6) is 17.4 Å². The van der Waals surface area contributed by atoms with Crippen LogP contribution in [-0.4, -0.2) is 49.2 Å². The first kappa shape index (κ1) is 19.9. The number of halogens is 1. The van der Waals surface area contributed by atoms with Crippen LogP contribution in [-0.2, 0) is 22.3 Å². The molecule has 1 fully saturated rings. The molecule has 0 aliphatic carbocycles. The molecule has 1 aromatic carbocycles. The van der Waals surface area contributed by atoms with Gasteiger partial charge in [0.15, 0.2) is 0 Å². The minimum atomic E-state index is -0.112. The van der Waals surface area contributed by atoms with E-state index < -0.39 is 0 Å². The molecule has 0 saturated carbocycles. The maximum absolute atomic E-state index is 10.2. The third kappa shape index (κ3) is 5.82. The van der Waals surface area contributed by atoms with Crippen LogP contribution >= 0.6 is 15.9 Å². The first-order valence-electron chi connectivity index (χ1n) is 9.08. The molecule has 0 amide bonds. The van der Waals surface area contributed by atoms with Crippen LogP contribution in [0.4, 0.5) is 0 Å². The Bertz CT molecular complexity index is 732. The van der Waals surface area contributed by atoms with E-state index in [0.29, 0.717) is 49.8 Å². The highest BCUT2D eigenvalue weighted by Gasteiger charge is 2.17.